The molecule has 3 unspecified atom stereocenters. The lowest BCUT2D eigenvalue weighted by atomic mass is 9.81. The Labute approximate surface area is 340 Å². The van der Waals surface area contributed by atoms with Gasteiger partial charge in [-0.25, -0.2) is 0 Å². The van der Waals surface area contributed by atoms with E-state index >= 15 is 0 Å². The third kappa shape index (κ3) is 12.6. The van der Waals surface area contributed by atoms with Crippen molar-refractivity contribution in [3.05, 3.63) is 86.9 Å². The molecule has 3 aromatic carbocycles. The van der Waals surface area contributed by atoms with Crippen molar-refractivity contribution in [2.45, 2.75) is 131 Å². The summed E-state index contributed by atoms with van der Waals surface area (Å²) >= 11 is 3.46. The van der Waals surface area contributed by atoms with E-state index in [1.807, 2.05) is 48.5 Å². The fraction of sp³-hybridized carbons (Fsp3) is 0.467. The predicted molar refractivity (Wildman–Crippen MR) is 230 cm³/mol. The molecule has 0 fully saturated rings. The molecule has 9 heteroatoms. The standard InChI is InChI=1S/C16H20O2S.C13H14OS.C11H13BrOS.C5H8O/c1-15(2)9-10-19(18)14-6-5-12(11-13(14)15)7-8-16(3,4)17;1-4-10-5-6-12-11(9-10)13(2,3)7-8-15(12)14;1-11(2)5-6-14(13)10-4-3-8(12)7-9(10)11;1-4-5(2,3)6/h5-6,11,17H,9-10H2,1-4H3;1,5-6,9H,7-8H2,2-3H3;3-4,7H,5-6H2,1-2H3;1,6H,2-3H3. The average molecular weight is 852 g/mol. The Bertz CT molecular complexity index is 2070. The van der Waals surface area contributed by atoms with Gasteiger partial charge < -0.3 is 10.2 Å². The van der Waals surface area contributed by atoms with Crippen molar-refractivity contribution in [2.24, 2.45) is 0 Å². The molecule has 0 aliphatic carbocycles. The molecule has 54 heavy (non-hydrogen) atoms. The number of hydrogen-bond donors (Lipinski definition) is 2. The molecule has 0 aromatic heterocycles. The molecular weight excluding hydrogens is 797 g/mol. The molecule has 0 radical (unpaired) electrons. The van der Waals surface area contributed by atoms with Crippen LogP contribution in [0.2, 0.25) is 0 Å². The van der Waals surface area contributed by atoms with E-state index < -0.39 is 43.6 Å². The molecule has 3 atom stereocenters. The lowest BCUT2D eigenvalue weighted by Gasteiger charge is -2.31. The zero-order valence-electron chi connectivity index (χ0n) is 33.3. The molecule has 0 saturated heterocycles. The van der Waals surface area contributed by atoms with Crippen LogP contribution in [0.4, 0.5) is 0 Å². The first-order valence-electron chi connectivity index (χ1n) is 18.0. The molecule has 0 bridgehead atoms. The highest BCUT2D eigenvalue weighted by molar-refractivity contribution is 9.10. The van der Waals surface area contributed by atoms with Crippen molar-refractivity contribution in [1.29, 1.82) is 0 Å². The van der Waals surface area contributed by atoms with Gasteiger partial charge in [0, 0.05) is 47.5 Å². The van der Waals surface area contributed by atoms with Crippen LogP contribution in [-0.4, -0.2) is 51.3 Å². The van der Waals surface area contributed by atoms with E-state index in [-0.39, 0.29) is 16.2 Å². The zero-order chi connectivity index (χ0) is 40.9. The second-order valence-electron chi connectivity index (χ2n) is 16.8. The minimum absolute atomic E-state index is 0.0374. The second kappa shape index (κ2) is 18.0. The summed E-state index contributed by atoms with van der Waals surface area (Å²) in [7, 11) is -2.52. The summed E-state index contributed by atoms with van der Waals surface area (Å²) in [5.74, 6) is 12.9. The van der Waals surface area contributed by atoms with Gasteiger partial charge in [-0.05, 0) is 134 Å². The van der Waals surface area contributed by atoms with Gasteiger partial charge in [0.2, 0.25) is 0 Å². The molecule has 2 N–H and O–H groups in total. The van der Waals surface area contributed by atoms with Crippen LogP contribution < -0.4 is 0 Å². The van der Waals surface area contributed by atoms with Crippen LogP contribution in [-0.2, 0) is 48.6 Å². The van der Waals surface area contributed by atoms with E-state index in [4.69, 9.17) is 18.0 Å². The van der Waals surface area contributed by atoms with Crippen molar-refractivity contribution < 1.29 is 22.8 Å². The second-order valence-corrected chi connectivity index (χ2v) is 22.3. The molecular formula is C45H55BrO5S3. The third-order valence-electron chi connectivity index (χ3n) is 9.59. The van der Waals surface area contributed by atoms with Crippen molar-refractivity contribution in [3.8, 4) is 36.5 Å². The summed E-state index contributed by atoms with van der Waals surface area (Å²) in [6.07, 6.45) is 13.1. The summed E-state index contributed by atoms with van der Waals surface area (Å²) in [5.41, 5.74) is 3.62. The van der Waals surface area contributed by atoms with Crippen LogP contribution >= 0.6 is 15.9 Å². The van der Waals surface area contributed by atoms with E-state index in [0.29, 0.717) is 0 Å². The highest BCUT2D eigenvalue weighted by Gasteiger charge is 2.33. The lowest BCUT2D eigenvalue weighted by Crippen LogP contribution is -2.27. The Morgan fingerprint density at radius 1 is 0.611 bits per heavy atom. The van der Waals surface area contributed by atoms with Crippen molar-refractivity contribution >= 4 is 48.3 Å². The van der Waals surface area contributed by atoms with Gasteiger partial charge in [0.15, 0.2) is 0 Å². The van der Waals surface area contributed by atoms with E-state index in [9.17, 15) is 17.7 Å². The van der Waals surface area contributed by atoms with Crippen LogP contribution in [0, 0.1) is 36.5 Å². The van der Waals surface area contributed by atoms with Gasteiger partial charge in [-0.15, -0.1) is 12.8 Å². The number of rotatable bonds is 0. The molecule has 3 heterocycles. The maximum atomic E-state index is 12.0. The Kier molecular flexibility index (Phi) is 15.2. The highest BCUT2D eigenvalue weighted by Crippen LogP contribution is 2.39. The fourth-order valence-corrected chi connectivity index (χ4v) is 11.4. The molecule has 6 rings (SSSR count). The predicted octanol–water partition coefficient (Wildman–Crippen LogP) is 8.68. The zero-order valence-corrected chi connectivity index (χ0v) is 37.4. The monoisotopic (exact) mass is 850 g/mol. The Balaban J connectivity index is 0.000000205. The first kappa shape index (κ1) is 45.6. The first-order chi connectivity index (χ1) is 24.8. The Morgan fingerprint density at radius 2 is 0.963 bits per heavy atom. The quantitative estimate of drug-likeness (QED) is 0.221. The van der Waals surface area contributed by atoms with Gasteiger partial charge in [0.1, 0.15) is 11.2 Å². The van der Waals surface area contributed by atoms with Crippen LogP contribution in [0.3, 0.4) is 0 Å². The number of terminal acetylenes is 2. The summed E-state index contributed by atoms with van der Waals surface area (Å²) in [4.78, 5) is 2.92. The van der Waals surface area contributed by atoms with Gasteiger partial charge in [0.05, 0.1) is 32.4 Å². The van der Waals surface area contributed by atoms with Gasteiger partial charge in [0.25, 0.3) is 0 Å². The van der Waals surface area contributed by atoms with Gasteiger partial charge in [-0.3, -0.25) is 12.6 Å². The van der Waals surface area contributed by atoms with E-state index in [1.165, 1.54) is 5.56 Å². The highest BCUT2D eigenvalue weighted by atomic mass is 79.9. The van der Waals surface area contributed by atoms with Crippen molar-refractivity contribution in [3.63, 3.8) is 0 Å². The number of halogens is 1. The maximum absolute atomic E-state index is 12.0. The number of benzene rings is 3. The summed E-state index contributed by atoms with van der Waals surface area (Å²) in [6, 6.07) is 17.7. The maximum Gasteiger partial charge on any atom is 0.120 e. The Morgan fingerprint density at radius 3 is 1.33 bits per heavy atom. The molecule has 290 valence electrons. The van der Waals surface area contributed by atoms with E-state index in [0.717, 1.165) is 77.9 Å². The van der Waals surface area contributed by atoms with Crippen LogP contribution in [0.15, 0.2) is 73.8 Å². The molecule has 0 spiro atoms. The Hall–Kier alpha value is -2.81. The lowest BCUT2D eigenvalue weighted by molar-refractivity contribution is 0.143. The topological polar surface area (TPSA) is 91.7 Å². The molecule has 3 aliphatic heterocycles. The largest absolute Gasteiger partial charge is 0.378 e. The van der Waals surface area contributed by atoms with E-state index in [1.54, 1.807) is 27.7 Å². The number of fused-ring (bicyclic) bond motifs is 3. The van der Waals surface area contributed by atoms with E-state index in [2.05, 4.69) is 87.2 Å². The number of aliphatic hydroxyl groups is 2. The number of hydrogen-bond acceptors (Lipinski definition) is 5. The van der Waals surface area contributed by atoms with Crippen LogP contribution in [0.25, 0.3) is 0 Å². The SMILES string of the molecule is C#CC(C)(C)O.C#Cc1ccc2c(c1)C(C)(C)CCS2=O.CC(C)(O)C#Cc1ccc2c(c1)C(C)(C)CCS2=O.CC1(C)CCS(=O)c2ccc(Br)cc21. The molecule has 0 saturated carbocycles. The molecule has 3 aliphatic rings. The normalized spacial score (nSPS) is 21.3. The minimum atomic E-state index is -0.992. The van der Waals surface area contributed by atoms with Crippen LogP contribution in [0.5, 0.6) is 0 Å². The molecule has 5 nitrogen and oxygen atoms in total. The third-order valence-corrected chi connectivity index (χ3v) is 14.4. The van der Waals surface area contributed by atoms with Crippen LogP contribution in [0.1, 0.15) is 116 Å². The van der Waals surface area contributed by atoms with Crippen molar-refractivity contribution in [1.82, 2.24) is 0 Å². The smallest absolute Gasteiger partial charge is 0.120 e. The summed E-state index contributed by atoms with van der Waals surface area (Å²) in [6.45, 7) is 19.6. The fourth-order valence-electron chi connectivity index (χ4n) is 5.91. The molecule has 3 aromatic rings. The van der Waals surface area contributed by atoms with Gasteiger partial charge in [-0.1, -0.05) is 81.2 Å². The van der Waals surface area contributed by atoms with Gasteiger partial charge >= 0.3 is 0 Å². The average Bonchev–Trinajstić information content (AvgIpc) is 3.09. The minimum Gasteiger partial charge on any atom is -0.378 e. The van der Waals surface area contributed by atoms with Gasteiger partial charge in [-0.2, -0.15) is 0 Å². The summed E-state index contributed by atoms with van der Waals surface area (Å²) in [5, 5.41) is 18.2. The first-order valence-corrected chi connectivity index (χ1v) is 22.7. The molecule has 0 amide bonds. The van der Waals surface area contributed by atoms with Crippen molar-refractivity contribution in [2.75, 3.05) is 17.3 Å². The summed E-state index contributed by atoms with van der Waals surface area (Å²) < 4.78 is 36.7.